The number of phenols is 1. The van der Waals surface area contributed by atoms with Gasteiger partial charge in [0.2, 0.25) is 5.76 Å². The average Bonchev–Trinajstić information content (AvgIpc) is 3.24. The summed E-state index contributed by atoms with van der Waals surface area (Å²) in [5.41, 5.74) is 3.35. The number of carbonyl (C=O) groups is 2. The van der Waals surface area contributed by atoms with E-state index in [1.165, 1.54) is 49.9 Å². The van der Waals surface area contributed by atoms with Crippen LogP contribution in [0, 0.1) is 0 Å². The molecule has 0 unspecified atom stereocenters. The number of ether oxygens (including phenoxy) is 2. The van der Waals surface area contributed by atoms with Crippen LogP contribution in [0.2, 0.25) is 0 Å². The minimum Gasteiger partial charge on any atom is -0.508 e. The Morgan fingerprint density at radius 3 is 2.57 bits per heavy atom. The zero-order chi connectivity index (χ0) is 19.9. The van der Waals surface area contributed by atoms with Crippen LogP contribution in [0.15, 0.2) is 70.4 Å². The van der Waals surface area contributed by atoms with Gasteiger partial charge >= 0.3 is 5.97 Å². The lowest BCUT2D eigenvalue weighted by molar-refractivity contribution is 0.0696. The number of nitrogens with one attached hydrogen (secondary N) is 1. The van der Waals surface area contributed by atoms with Crippen molar-refractivity contribution >= 4 is 18.1 Å². The fourth-order valence-corrected chi connectivity index (χ4v) is 2.24. The molecule has 0 aliphatic rings. The molecule has 0 saturated carbocycles. The molecular formula is C20H16N2O6. The Labute approximate surface area is 160 Å². The van der Waals surface area contributed by atoms with Crippen molar-refractivity contribution in [3.63, 3.8) is 0 Å². The van der Waals surface area contributed by atoms with Gasteiger partial charge in [-0.05, 0) is 60.2 Å². The monoisotopic (exact) mass is 380 g/mol. The van der Waals surface area contributed by atoms with Crippen LogP contribution in [-0.2, 0) is 0 Å². The number of benzene rings is 2. The van der Waals surface area contributed by atoms with Gasteiger partial charge in [-0.2, -0.15) is 5.10 Å². The highest BCUT2D eigenvalue weighted by Crippen LogP contribution is 2.28. The van der Waals surface area contributed by atoms with E-state index in [1.807, 2.05) is 0 Å². The number of esters is 1. The average molecular weight is 380 g/mol. The Balaban J connectivity index is 1.66. The molecule has 0 bridgehead atoms. The number of hydrogen-bond acceptors (Lipinski definition) is 7. The minimum absolute atomic E-state index is 0.0694. The lowest BCUT2D eigenvalue weighted by Crippen LogP contribution is -2.17. The van der Waals surface area contributed by atoms with Crippen LogP contribution < -0.4 is 14.9 Å². The number of aromatic hydroxyl groups is 1. The molecule has 8 heteroatoms. The Morgan fingerprint density at radius 1 is 1.11 bits per heavy atom. The van der Waals surface area contributed by atoms with Crippen molar-refractivity contribution in [2.75, 3.05) is 7.11 Å². The smallest absolute Gasteiger partial charge is 0.379 e. The third kappa shape index (κ3) is 4.55. The molecule has 8 nitrogen and oxygen atoms in total. The van der Waals surface area contributed by atoms with Crippen LogP contribution in [0.25, 0.3) is 0 Å². The number of amides is 1. The second kappa shape index (κ2) is 8.54. The molecule has 1 aromatic heterocycles. The largest absolute Gasteiger partial charge is 0.508 e. The minimum atomic E-state index is -0.647. The van der Waals surface area contributed by atoms with Crippen LogP contribution in [0.4, 0.5) is 0 Å². The van der Waals surface area contributed by atoms with Crippen molar-refractivity contribution in [1.82, 2.24) is 5.43 Å². The summed E-state index contributed by atoms with van der Waals surface area (Å²) in [6.07, 6.45) is 2.79. The second-order valence-electron chi connectivity index (χ2n) is 5.52. The molecular weight excluding hydrogens is 364 g/mol. The maximum Gasteiger partial charge on any atom is 0.379 e. The topological polar surface area (TPSA) is 110 Å². The quantitative estimate of drug-likeness (QED) is 0.294. The number of hydrogen-bond donors (Lipinski definition) is 2. The zero-order valence-corrected chi connectivity index (χ0v) is 14.8. The summed E-state index contributed by atoms with van der Waals surface area (Å²) in [6.45, 7) is 0. The van der Waals surface area contributed by atoms with Gasteiger partial charge < -0.3 is 19.0 Å². The van der Waals surface area contributed by atoms with Gasteiger partial charge in [0.05, 0.1) is 19.6 Å². The third-order valence-corrected chi connectivity index (χ3v) is 3.62. The van der Waals surface area contributed by atoms with E-state index in [-0.39, 0.29) is 17.3 Å². The lowest BCUT2D eigenvalue weighted by Gasteiger charge is -2.09. The highest BCUT2D eigenvalue weighted by Gasteiger charge is 2.14. The molecule has 2 N–H and O–H groups in total. The van der Waals surface area contributed by atoms with E-state index in [2.05, 4.69) is 10.5 Å². The highest BCUT2D eigenvalue weighted by atomic mass is 16.6. The van der Waals surface area contributed by atoms with Crippen LogP contribution in [0.1, 0.15) is 26.5 Å². The SMILES string of the molecule is COc1cc(C=NNC(=O)c2ccc(O)cc2)ccc1OC(=O)c1ccco1. The van der Waals surface area contributed by atoms with Crippen molar-refractivity contribution in [3.05, 3.63) is 77.7 Å². The summed E-state index contributed by atoms with van der Waals surface area (Å²) in [5.74, 6) is -0.398. The molecule has 2 aromatic carbocycles. The summed E-state index contributed by atoms with van der Waals surface area (Å²) >= 11 is 0. The predicted molar refractivity (Wildman–Crippen MR) is 99.8 cm³/mol. The summed E-state index contributed by atoms with van der Waals surface area (Å²) in [6, 6.07) is 13.6. The Kier molecular flexibility index (Phi) is 5.71. The van der Waals surface area contributed by atoms with Gasteiger partial charge in [-0.25, -0.2) is 10.2 Å². The number of nitrogens with zero attached hydrogens (tertiary/aromatic N) is 1. The van der Waals surface area contributed by atoms with Gasteiger partial charge in [0.25, 0.3) is 5.91 Å². The van der Waals surface area contributed by atoms with E-state index >= 15 is 0 Å². The summed E-state index contributed by atoms with van der Waals surface area (Å²) in [4.78, 5) is 23.9. The van der Waals surface area contributed by atoms with Crippen molar-refractivity contribution in [2.24, 2.45) is 5.10 Å². The summed E-state index contributed by atoms with van der Waals surface area (Å²) in [7, 11) is 1.44. The number of rotatable bonds is 6. The highest BCUT2D eigenvalue weighted by molar-refractivity contribution is 5.95. The summed E-state index contributed by atoms with van der Waals surface area (Å²) < 4.78 is 15.5. The first-order chi connectivity index (χ1) is 13.6. The number of methoxy groups -OCH3 is 1. The maximum atomic E-state index is 12.0. The van der Waals surface area contributed by atoms with Gasteiger partial charge in [0, 0.05) is 5.56 Å². The third-order valence-electron chi connectivity index (χ3n) is 3.62. The Bertz CT molecular complexity index is 994. The standard InChI is InChI=1S/C20H16N2O6/c1-26-18-11-13(4-9-16(18)28-20(25)17-3-2-10-27-17)12-21-22-19(24)14-5-7-15(23)8-6-14/h2-12,23H,1H3,(H,22,24). The van der Waals surface area contributed by atoms with Crippen LogP contribution in [0.3, 0.4) is 0 Å². The van der Waals surface area contributed by atoms with Crippen LogP contribution in [0.5, 0.6) is 17.2 Å². The zero-order valence-electron chi connectivity index (χ0n) is 14.8. The Morgan fingerprint density at radius 2 is 1.89 bits per heavy atom. The normalized spacial score (nSPS) is 10.6. The first kappa shape index (κ1) is 18.7. The molecule has 142 valence electrons. The lowest BCUT2D eigenvalue weighted by atomic mass is 10.2. The van der Waals surface area contributed by atoms with E-state index in [0.29, 0.717) is 16.9 Å². The van der Waals surface area contributed by atoms with E-state index in [1.54, 1.807) is 24.3 Å². The fourth-order valence-electron chi connectivity index (χ4n) is 2.24. The molecule has 0 saturated heterocycles. The van der Waals surface area contributed by atoms with Gasteiger partial charge in [0.15, 0.2) is 11.5 Å². The predicted octanol–water partition coefficient (Wildman–Crippen LogP) is 2.98. The molecule has 1 heterocycles. The van der Waals surface area contributed by atoms with Crippen molar-refractivity contribution < 1.29 is 28.6 Å². The van der Waals surface area contributed by atoms with Crippen LogP contribution in [-0.4, -0.2) is 30.3 Å². The number of phenolic OH excluding ortho intramolecular Hbond substituents is 1. The number of hydrazone groups is 1. The first-order valence-electron chi connectivity index (χ1n) is 8.13. The maximum absolute atomic E-state index is 12.0. The first-order valence-corrected chi connectivity index (χ1v) is 8.13. The Hall–Kier alpha value is -4.07. The summed E-state index contributed by atoms with van der Waals surface area (Å²) in [5, 5.41) is 13.1. The van der Waals surface area contributed by atoms with Crippen molar-refractivity contribution in [1.29, 1.82) is 0 Å². The van der Waals surface area contributed by atoms with Gasteiger partial charge in [0.1, 0.15) is 5.75 Å². The van der Waals surface area contributed by atoms with Gasteiger partial charge in [-0.15, -0.1) is 0 Å². The van der Waals surface area contributed by atoms with Gasteiger partial charge in [-0.3, -0.25) is 4.79 Å². The van der Waals surface area contributed by atoms with Crippen molar-refractivity contribution in [2.45, 2.75) is 0 Å². The van der Waals surface area contributed by atoms with E-state index in [4.69, 9.17) is 13.9 Å². The van der Waals surface area contributed by atoms with E-state index in [0.717, 1.165) is 0 Å². The van der Waals surface area contributed by atoms with Crippen molar-refractivity contribution in [3.8, 4) is 17.2 Å². The molecule has 3 rings (SSSR count). The number of carbonyl (C=O) groups excluding carboxylic acids is 2. The van der Waals surface area contributed by atoms with E-state index < -0.39 is 11.9 Å². The molecule has 0 fully saturated rings. The van der Waals surface area contributed by atoms with Crippen LogP contribution >= 0.6 is 0 Å². The molecule has 1 amide bonds. The second-order valence-corrected chi connectivity index (χ2v) is 5.52. The molecule has 3 aromatic rings. The molecule has 28 heavy (non-hydrogen) atoms. The molecule has 0 aliphatic heterocycles. The van der Waals surface area contributed by atoms with E-state index in [9.17, 15) is 14.7 Å². The molecule has 0 aliphatic carbocycles. The van der Waals surface area contributed by atoms with Gasteiger partial charge in [-0.1, -0.05) is 0 Å². The number of furan rings is 1. The molecule has 0 atom stereocenters. The molecule has 0 radical (unpaired) electrons. The fraction of sp³-hybridized carbons (Fsp3) is 0.0500. The molecule has 0 spiro atoms.